The summed E-state index contributed by atoms with van der Waals surface area (Å²) in [6.07, 6.45) is 0. The summed E-state index contributed by atoms with van der Waals surface area (Å²) in [6, 6.07) is 9.79. The topological polar surface area (TPSA) is 126 Å². The summed E-state index contributed by atoms with van der Waals surface area (Å²) in [4.78, 5) is 33.1. The zero-order valence-corrected chi connectivity index (χ0v) is 24.0. The highest BCUT2D eigenvalue weighted by Crippen LogP contribution is 2.46. The number of thioether (sulfide) groups is 1. The van der Waals surface area contributed by atoms with Crippen molar-refractivity contribution in [2.45, 2.75) is 36.9 Å². The van der Waals surface area contributed by atoms with E-state index >= 15 is 0 Å². The highest BCUT2D eigenvalue weighted by molar-refractivity contribution is 8.00. The van der Waals surface area contributed by atoms with Crippen LogP contribution in [-0.4, -0.2) is 43.7 Å². The molecular weight excluding hydrogens is 576 g/mol. The van der Waals surface area contributed by atoms with Crippen LogP contribution in [0.25, 0.3) is 0 Å². The number of thiazole rings is 1. The third-order valence-electron chi connectivity index (χ3n) is 6.07. The first kappa shape index (κ1) is 27.7. The molecular formula is C27H23FN4O5S3. The number of ether oxygens (including phenoxy) is 1. The van der Waals surface area contributed by atoms with Crippen LogP contribution in [0.3, 0.4) is 0 Å². The largest absolute Gasteiger partial charge is 0.504 e. The van der Waals surface area contributed by atoms with Gasteiger partial charge in [-0.3, -0.25) is 14.5 Å². The average Bonchev–Trinajstić information content (AvgIpc) is 3.60. The van der Waals surface area contributed by atoms with E-state index in [1.165, 1.54) is 46.2 Å². The number of Topliss-reactive ketones (excluding diaryl/α,β-unsaturated/α-hetero) is 1. The number of hydrogen-bond acceptors (Lipinski definition) is 11. The van der Waals surface area contributed by atoms with E-state index in [9.17, 15) is 24.2 Å². The maximum absolute atomic E-state index is 14.1. The summed E-state index contributed by atoms with van der Waals surface area (Å²) in [7, 11) is 0. The van der Waals surface area contributed by atoms with Crippen LogP contribution in [0.15, 0.2) is 58.1 Å². The van der Waals surface area contributed by atoms with E-state index in [-0.39, 0.29) is 34.6 Å². The second-order valence-corrected chi connectivity index (χ2v) is 12.1. The molecule has 0 saturated carbocycles. The van der Waals surface area contributed by atoms with Crippen molar-refractivity contribution in [3.63, 3.8) is 0 Å². The maximum Gasteiger partial charge on any atom is 0.296 e. The lowest BCUT2D eigenvalue weighted by Gasteiger charge is -2.24. The smallest absolute Gasteiger partial charge is 0.296 e. The van der Waals surface area contributed by atoms with Gasteiger partial charge in [0.1, 0.15) is 5.82 Å². The Morgan fingerprint density at radius 2 is 1.93 bits per heavy atom. The fraction of sp³-hybridized carbons (Fsp3) is 0.222. The number of carbonyl (C=O) groups excluding carboxylic acids is 2. The molecule has 1 amide bonds. The molecule has 1 atom stereocenters. The van der Waals surface area contributed by atoms with E-state index in [4.69, 9.17) is 4.74 Å². The van der Waals surface area contributed by atoms with Gasteiger partial charge in [-0.2, -0.15) is 0 Å². The predicted octanol–water partition coefficient (Wildman–Crippen LogP) is 5.93. The van der Waals surface area contributed by atoms with Crippen LogP contribution in [0.5, 0.6) is 11.5 Å². The fourth-order valence-electron chi connectivity index (χ4n) is 4.30. The predicted molar refractivity (Wildman–Crippen MR) is 151 cm³/mol. The van der Waals surface area contributed by atoms with Crippen molar-refractivity contribution in [3.05, 3.63) is 86.3 Å². The number of aromatic hydroxyl groups is 1. The molecule has 5 rings (SSSR count). The van der Waals surface area contributed by atoms with Gasteiger partial charge in [-0.1, -0.05) is 47.4 Å². The number of aryl methyl sites for hydroxylation is 2. The van der Waals surface area contributed by atoms with Crippen molar-refractivity contribution in [3.8, 4) is 11.5 Å². The Bertz CT molecular complexity index is 1650. The van der Waals surface area contributed by atoms with Gasteiger partial charge < -0.3 is 14.9 Å². The third kappa shape index (κ3) is 5.19. The Morgan fingerprint density at radius 3 is 2.62 bits per heavy atom. The van der Waals surface area contributed by atoms with Gasteiger partial charge in [0.05, 0.1) is 33.8 Å². The number of benzene rings is 2. The van der Waals surface area contributed by atoms with Crippen LogP contribution in [0, 0.1) is 19.7 Å². The number of aromatic nitrogens is 3. The van der Waals surface area contributed by atoms with Gasteiger partial charge >= 0.3 is 0 Å². The van der Waals surface area contributed by atoms with Crippen molar-refractivity contribution in [1.29, 1.82) is 0 Å². The summed E-state index contributed by atoms with van der Waals surface area (Å²) in [5, 5.41) is 30.5. The molecule has 0 bridgehead atoms. The quantitative estimate of drug-likeness (QED) is 0.137. The number of phenolic OH excluding ortho intramolecular Hbond substituents is 1. The highest BCUT2D eigenvalue weighted by Gasteiger charge is 2.47. The SMILES string of the molecule is CCOc1cc(C2C(C(=O)c3sc(C)nc3C)=C(O)C(=O)N2c2nnc(SCc3ccccc3F)s2)ccc1O. The van der Waals surface area contributed by atoms with Gasteiger partial charge in [0.15, 0.2) is 21.6 Å². The normalized spacial score (nSPS) is 15.2. The van der Waals surface area contributed by atoms with E-state index in [1.807, 2.05) is 0 Å². The Balaban J connectivity index is 1.55. The molecule has 2 N–H and O–H groups in total. The number of anilines is 1. The zero-order chi connectivity index (χ0) is 28.6. The van der Waals surface area contributed by atoms with Crippen molar-refractivity contribution in [2.24, 2.45) is 0 Å². The number of carbonyl (C=O) groups is 2. The Morgan fingerprint density at radius 1 is 1.15 bits per heavy atom. The van der Waals surface area contributed by atoms with Crippen molar-refractivity contribution >= 4 is 51.3 Å². The summed E-state index contributed by atoms with van der Waals surface area (Å²) < 4.78 is 20.1. The Kier molecular flexibility index (Phi) is 7.88. The molecule has 9 nitrogen and oxygen atoms in total. The van der Waals surface area contributed by atoms with Gasteiger partial charge in [-0.25, -0.2) is 9.37 Å². The first-order valence-electron chi connectivity index (χ1n) is 12.1. The molecule has 1 unspecified atom stereocenters. The average molecular weight is 599 g/mol. The number of rotatable bonds is 9. The maximum atomic E-state index is 14.1. The molecule has 1 aliphatic rings. The molecule has 0 saturated heterocycles. The van der Waals surface area contributed by atoms with Crippen LogP contribution in [0.4, 0.5) is 9.52 Å². The van der Waals surface area contributed by atoms with Crippen LogP contribution in [0.2, 0.25) is 0 Å². The summed E-state index contributed by atoms with van der Waals surface area (Å²) >= 11 is 3.50. The standard InChI is InChI=1S/C27H23FN4O5S3/c1-4-37-19-11-15(9-10-18(19)33)21-20(22(34)24-13(2)29-14(3)39-24)23(35)25(36)32(21)26-30-31-27(40-26)38-12-16-7-5-6-8-17(16)28/h5-11,21,33,35H,4,12H2,1-3H3. The molecule has 2 aromatic carbocycles. The number of hydrogen-bond donors (Lipinski definition) is 2. The van der Waals surface area contributed by atoms with E-state index in [2.05, 4.69) is 15.2 Å². The second-order valence-electron chi connectivity index (χ2n) is 8.71. The van der Waals surface area contributed by atoms with E-state index in [0.717, 1.165) is 11.3 Å². The molecule has 13 heteroatoms. The second kappa shape index (κ2) is 11.4. The number of amides is 1. The monoisotopic (exact) mass is 598 g/mol. The number of halogens is 1. The van der Waals surface area contributed by atoms with E-state index in [0.29, 0.717) is 36.8 Å². The van der Waals surface area contributed by atoms with Crippen molar-refractivity contribution < 1.29 is 28.9 Å². The van der Waals surface area contributed by atoms with Crippen LogP contribution in [-0.2, 0) is 10.5 Å². The van der Waals surface area contributed by atoms with Crippen LogP contribution < -0.4 is 9.64 Å². The van der Waals surface area contributed by atoms with Crippen molar-refractivity contribution in [2.75, 3.05) is 11.5 Å². The van der Waals surface area contributed by atoms with Gasteiger partial charge in [-0.05, 0) is 50.1 Å². The van der Waals surface area contributed by atoms with Crippen molar-refractivity contribution in [1.82, 2.24) is 15.2 Å². The van der Waals surface area contributed by atoms with E-state index < -0.39 is 23.5 Å². The number of phenols is 1. The highest BCUT2D eigenvalue weighted by atomic mass is 32.2. The van der Waals surface area contributed by atoms with E-state index in [1.54, 1.807) is 45.0 Å². The minimum absolute atomic E-state index is 0.112. The molecule has 0 radical (unpaired) electrons. The fourth-order valence-corrected chi connectivity index (χ4v) is 7.03. The molecule has 1 aliphatic heterocycles. The molecule has 0 fully saturated rings. The number of aliphatic hydroxyl groups excluding tert-OH is 1. The Hall–Kier alpha value is -3.81. The molecule has 206 valence electrons. The number of ketones is 1. The Labute approximate surface area is 241 Å². The third-order valence-corrected chi connectivity index (χ3v) is 9.25. The lowest BCUT2D eigenvalue weighted by atomic mass is 9.95. The first-order chi connectivity index (χ1) is 19.2. The van der Waals surface area contributed by atoms with Gasteiger partial charge in [0.2, 0.25) is 10.9 Å². The summed E-state index contributed by atoms with van der Waals surface area (Å²) in [5.41, 5.74) is 1.26. The lowest BCUT2D eigenvalue weighted by molar-refractivity contribution is -0.117. The summed E-state index contributed by atoms with van der Waals surface area (Å²) in [5.74, 6) is -2.05. The zero-order valence-electron chi connectivity index (χ0n) is 21.5. The molecule has 40 heavy (non-hydrogen) atoms. The van der Waals surface area contributed by atoms with Gasteiger partial charge in [0.25, 0.3) is 5.91 Å². The molecule has 4 aromatic rings. The number of aliphatic hydroxyl groups is 1. The lowest BCUT2D eigenvalue weighted by Crippen LogP contribution is -2.31. The first-order valence-corrected chi connectivity index (χ1v) is 14.7. The van der Waals surface area contributed by atoms with Gasteiger partial charge in [0, 0.05) is 5.75 Å². The molecule has 0 spiro atoms. The van der Waals surface area contributed by atoms with Crippen LogP contribution in [0.1, 0.15) is 44.5 Å². The van der Waals surface area contributed by atoms with Crippen LogP contribution >= 0.6 is 34.4 Å². The molecule has 2 aromatic heterocycles. The number of nitrogens with zero attached hydrogens (tertiary/aromatic N) is 4. The summed E-state index contributed by atoms with van der Waals surface area (Å²) in [6.45, 7) is 5.49. The van der Waals surface area contributed by atoms with Gasteiger partial charge in [-0.15, -0.1) is 21.5 Å². The molecule has 3 heterocycles. The minimum atomic E-state index is -1.08. The minimum Gasteiger partial charge on any atom is -0.504 e. The molecule has 0 aliphatic carbocycles.